The van der Waals surface area contributed by atoms with Crippen molar-refractivity contribution in [2.45, 2.75) is 39.3 Å². The first-order valence-corrected chi connectivity index (χ1v) is 6.79. The van der Waals surface area contributed by atoms with Crippen LogP contribution in [-0.2, 0) is 4.74 Å². The van der Waals surface area contributed by atoms with Gasteiger partial charge >= 0.3 is 0 Å². The normalized spacial score (nSPS) is 24.7. The Morgan fingerprint density at radius 1 is 1.37 bits per heavy atom. The molecular formula is C15H21F2NO. The van der Waals surface area contributed by atoms with E-state index in [2.05, 4.69) is 12.2 Å². The predicted octanol–water partition coefficient (Wildman–Crippen LogP) is 3.35. The Bertz CT molecular complexity index is 450. The summed E-state index contributed by atoms with van der Waals surface area (Å²) in [5, 5.41) is 3.27. The summed E-state index contributed by atoms with van der Waals surface area (Å²) < 4.78 is 32.8. The molecule has 1 fully saturated rings. The van der Waals surface area contributed by atoms with Crippen molar-refractivity contribution in [3.63, 3.8) is 0 Å². The molecule has 3 unspecified atom stereocenters. The number of benzene rings is 1. The highest BCUT2D eigenvalue weighted by Crippen LogP contribution is 2.23. The van der Waals surface area contributed by atoms with Gasteiger partial charge in [-0.05, 0) is 50.8 Å². The van der Waals surface area contributed by atoms with Crippen molar-refractivity contribution in [2.24, 2.45) is 5.92 Å². The SMILES string of the molecule is Cc1cc(F)c(C(C)NCC2CCOC2C)cc1F. The van der Waals surface area contributed by atoms with Gasteiger partial charge in [0.1, 0.15) is 11.6 Å². The lowest BCUT2D eigenvalue weighted by Crippen LogP contribution is -2.29. The second-order valence-electron chi connectivity index (χ2n) is 5.38. The zero-order valence-corrected chi connectivity index (χ0v) is 11.7. The Kier molecular flexibility index (Phi) is 4.53. The van der Waals surface area contributed by atoms with Gasteiger partial charge in [-0.2, -0.15) is 0 Å². The zero-order valence-electron chi connectivity index (χ0n) is 11.7. The summed E-state index contributed by atoms with van der Waals surface area (Å²) in [6, 6.07) is 2.34. The fraction of sp³-hybridized carbons (Fsp3) is 0.600. The lowest BCUT2D eigenvalue weighted by atomic mass is 10.0. The second-order valence-corrected chi connectivity index (χ2v) is 5.38. The van der Waals surface area contributed by atoms with Crippen LogP contribution in [0, 0.1) is 24.5 Å². The third-order valence-corrected chi connectivity index (χ3v) is 3.96. The van der Waals surface area contributed by atoms with Crippen LogP contribution >= 0.6 is 0 Å². The molecule has 0 radical (unpaired) electrons. The number of nitrogens with one attached hydrogen (secondary N) is 1. The number of ether oxygens (including phenoxy) is 1. The molecule has 0 aliphatic carbocycles. The molecule has 0 aromatic heterocycles. The van der Waals surface area contributed by atoms with E-state index in [1.54, 1.807) is 6.92 Å². The highest BCUT2D eigenvalue weighted by Gasteiger charge is 2.24. The summed E-state index contributed by atoms with van der Waals surface area (Å²) in [5.74, 6) is -0.266. The molecule has 0 saturated carbocycles. The molecule has 1 aliphatic heterocycles. The van der Waals surface area contributed by atoms with Crippen molar-refractivity contribution in [1.82, 2.24) is 5.32 Å². The Hall–Kier alpha value is -1.00. The fourth-order valence-corrected chi connectivity index (χ4v) is 2.48. The van der Waals surface area contributed by atoms with Crippen molar-refractivity contribution < 1.29 is 13.5 Å². The standard InChI is InChI=1S/C15H21F2NO/c1-9-6-15(17)13(7-14(9)16)10(2)18-8-12-4-5-19-11(12)3/h6-7,10-12,18H,4-5,8H2,1-3H3. The summed E-state index contributed by atoms with van der Waals surface area (Å²) in [4.78, 5) is 0. The minimum Gasteiger partial charge on any atom is -0.378 e. The summed E-state index contributed by atoms with van der Waals surface area (Å²) >= 11 is 0. The summed E-state index contributed by atoms with van der Waals surface area (Å²) in [7, 11) is 0. The average Bonchev–Trinajstić information content (AvgIpc) is 2.76. The third-order valence-electron chi connectivity index (χ3n) is 3.96. The molecule has 106 valence electrons. The van der Waals surface area contributed by atoms with E-state index in [1.165, 1.54) is 12.1 Å². The van der Waals surface area contributed by atoms with Crippen molar-refractivity contribution in [1.29, 1.82) is 0 Å². The monoisotopic (exact) mass is 269 g/mol. The molecule has 1 aromatic rings. The number of hydrogen-bond donors (Lipinski definition) is 1. The third kappa shape index (κ3) is 3.31. The summed E-state index contributed by atoms with van der Waals surface area (Å²) in [5.41, 5.74) is 0.723. The zero-order chi connectivity index (χ0) is 14.0. The van der Waals surface area contributed by atoms with Crippen molar-refractivity contribution >= 4 is 0 Å². The molecule has 0 amide bonds. The Morgan fingerprint density at radius 2 is 2.11 bits per heavy atom. The van der Waals surface area contributed by atoms with Gasteiger partial charge in [-0.25, -0.2) is 8.78 Å². The first-order valence-electron chi connectivity index (χ1n) is 6.79. The highest BCUT2D eigenvalue weighted by atomic mass is 19.1. The molecule has 1 aromatic carbocycles. The van der Waals surface area contributed by atoms with Crippen LogP contribution in [0.2, 0.25) is 0 Å². The molecule has 1 heterocycles. The van der Waals surface area contributed by atoms with Crippen LogP contribution in [0.1, 0.15) is 37.4 Å². The highest BCUT2D eigenvalue weighted by molar-refractivity contribution is 5.27. The van der Waals surface area contributed by atoms with Crippen molar-refractivity contribution in [3.8, 4) is 0 Å². The van der Waals surface area contributed by atoms with Crippen molar-refractivity contribution in [2.75, 3.05) is 13.2 Å². The molecule has 19 heavy (non-hydrogen) atoms. The first-order chi connectivity index (χ1) is 8.99. The van der Waals surface area contributed by atoms with E-state index >= 15 is 0 Å². The fourth-order valence-electron chi connectivity index (χ4n) is 2.48. The molecule has 0 spiro atoms. The summed E-state index contributed by atoms with van der Waals surface area (Å²) in [6.45, 7) is 7.02. The number of rotatable bonds is 4. The van der Waals surface area contributed by atoms with Gasteiger partial charge in [0.2, 0.25) is 0 Å². The van der Waals surface area contributed by atoms with E-state index in [9.17, 15) is 8.78 Å². The van der Waals surface area contributed by atoms with Gasteiger partial charge in [0.05, 0.1) is 6.10 Å². The number of hydrogen-bond acceptors (Lipinski definition) is 2. The molecule has 2 rings (SSSR count). The van der Waals surface area contributed by atoms with Crippen LogP contribution in [0.5, 0.6) is 0 Å². The van der Waals surface area contributed by atoms with Crippen LogP contribution in [0.25, 0.3) is 0 Å². The van der Waals surface area contributed by atoms with Gasteiger partial charge in [-0.3, -0.25) is 0 Å². The van der Waals surface area contributed by atoms with E-state index in [4.69, 9.17) is 4.74 Å². The van der Waals surface area contributed by atoms with E-state index in [-0.39, 0.29) is 23.8 Å². The first kappa shape index (κ1) is 14.4. The van der Waals surface area contributed by atoms with E-state index in [0.717, 1.165) is 19.6 Å². The minimum absolute atomic E-state index is 0.206. The quantitative estimate of drug-likeness (QED) is 0.905. The van der Waals surface area contributed by atoms with E-state index < -0.39 is 0 Å². The molecule has 4 heteroatoms. The van der Waals surface area contributed by atoms with Gasteiger partial charge in [0.15, 0.2) is 0 Å². The van der Waals surface area contributed by atoms with Gasteiger partial charge in [0.25, 0.3) is 0 Å². The molecule has 3 atom stereocenters. The smallest absolute Gasteiger partial charge is 0.128 e. The average molecular weight is 269 g/mol. The van der Waals surface area contributed by atoms with Gasteiger partial charge < -0.3 is 10.1 Å². The molecule has 1 saturated heterocycles. The molecule has 2 nitrogen and oxygen atoms in total. The van der Waals surface area contributed by atoms with Gasteiger partial charge in [-0.1, -0.05) is 0 Å². The minimum atomic E-state index is -0.359. The summed E-state index contributed by atoms with van der Waals surface area (Å²) in [6.07, 6.45) is 1.25. The van der Waals surface area contributed by atoms with Crippen LogP contribution in [0.15, 0.2) is 12.1 Å². The van der Waals surface area contributed by atoms with Crippen LogP contribution in [0.3, 0.4) is 0 Å². The van der Waals surface area contributed by atoms with Gasteiger partial charge in [-0.15, -0.1) is 0 Å². The number of halogens is 2. The lowest BCUT2D eigenvalue weighted by molar-refractivity contribution is 0.105. The molecule has 1 aliphatic rings. The Balaban J connectivity index is 1.99. The number of aryl methyl sites for hydroxylation is 1. The second kappa shape index (κ2) is 5.97. The Labute approximate surface area is 113 Å². The lowest BCUT2D eigenvalue weighted by Gasteiger charge is -2.20. The maximum absolute atomic E-state index is 13.8. The molecule has 0 bridgehead atoms. The van der Waals surface area contributed by atoms with Crippen LogP contribution in [0.4, 0.5) is 8.78 Å². The van der Waals surface area contributed by atoms with Gasteiger partial charge in [0, 0.05) is 24.8 Å². The molecule has 1 N–H and O–H groups in total. The predicted molar refractivity (Wildman–Crippen MR) is 71.0 cm³/mol. The maximum atomic E-state index is 13.8. The molecular weight excluding hydrogens is 248 g/mol. The maximum Gasteiger partial charge on any atom is 0.128 e. The topological polar surface area (TPSA) is 21.3 Å². The van der Waals surface area contributed by atoms with Crippen LogP contribution < -0.4 is 5.32 Å². The largest absolute Gasteiger partial charge is 0.378 e. The van der Waals surface area contributed by atoms with E-state index in [0.29, 0.717) is 17.0 Å². The van der Waals surface area contributed by atoms with Crippen molar-refractivity contribution in [3.05, 3.63) is 34.9 Å². The van der Waals surface area contributed by atoms with Crippen LogP contribution in [-0.4, -0.2) is 19.3 Å². The Morgan fingerprint density at radius 3 is 2.74 bits per heavy atom. The van der Waals surface area contributed by atoms with E-state index in [1.807, 2.05) is 6.92 Å².